The summed E-state index contributed by atoms with van der Waals surface area (Å²) in [5.41, 5.74) is 4.14. The number of hydrogen-bond donors (Lipinski definition) is 1. The largest absolute Gasteiger partial charge is 0.371 e. The van der Waals surface area contributed by atoms with E-state index in [2.05, 4.69) is 42.4 Å². The molecule has 0 aliphatic heterocycles. The summed E-state index contributed by atoms with van der Waals surface area (Å²) in [6.07, 6.45) is 2.71. The zero-order chi connectivity index (χ0) is 10.8. The number of anilines is 1. The molecule has 1 aromatic carbocycles. The Hall–Kier alpha value is -1.02. The van der Waals surface area contributed by atoms with Crippen LogP contribution in [0.1, 0.15) is 24.0 Å². The summed E-state index contributed by atoms with van der Waals surface area (Å²) in [5.74, 6) is 0. The molecule has 82 valence electrons. The summed E-state index contributed by atoms with van der Waals surface area (Å²) in [4.78, 5) is 2.42. The molecular weight excluding hydrogens is 184 g/mol. The average molecular weight is 204 g/mol. The number of hydrogen-bond acceptors (Lipinski definition) is 2. The predicted molar refractivity (Wildman–Crippen MR) is 65.4 cm³/mol. The Morgan fingerprint density at radius 2 is 2.13 bits per heavy atom. The highest BCUT2D eigenvalue weighted by molar-refractivity contribution is 5.55. The van der Waals surface area contributed by atoms with Gasteiger partial charge >= 0.3 is 0 Å². The van der Waals surface area contributed by atoms with Gasteiger partial charge in [-0.3, -0.25) is 0 Å². The maximum absolute atomic E-state index is 3.18. The van der Waals surface area contributed by atoms with Crippen molar-refractivity contribution < 1.29 is 0 Å². The van der Waals surface area contributed by atoms with E-state index in [9.17, 15) is 0 Å². The third-order valence-electron chi connectivity index (χ3n) is 3.12. The van der Waals surface area contributed by atoms with Gasteiger partial charge in [-0.25, -0.2) is 0 Å². The van der Waals surface area contributed by atoms with Crippen LogP contribution in [0.4, 0.5) is 5.69 Å². The maximum atomic E-state index is 3.18. The molecule has 1 fully saturated rings. The van der Waals surface area contributed by atoms with Crippen LogP contribution < -0.4 is 10.2 Å². The molecule has 0 radical (unpaired) electrons. The molecule has 0 unspecified atom stereocenters. The summed E-state index contributed by atoms with van der Waals surface area (Å²) in [5, 5.41) is 3.18. The van der Waals surface area contributed by atoms with Crippen LogP contribution >= 0.6 is 0 Å². The molecule has 1 saturated carbocycles. The smallest absolute Gasteiger partial charge is 0.0396 e. The van der Waals surface area contributed by atoms with Crippen molar-refractivity contribution in [3.05, 3.63) is 29.3 Å². The highest BCUT2D eigenvalue weighted by Gasteiger charge is 2.26. The fourth-order valence-corrected chi connectivity index (χ4v) is 2.09. The predicted octanol–water partition coefficient (Wildman–Crippen LogP) is 2.31. The molecule has 0 atom stereocenters. The van der Waals surface area contributed by atoms with Crippen LogP contribution in [0.3, 0.4) is 0 Å². The van der Waals surface area contributed by atoms with E-state index in [1.165, 1.54) is 29.7 Å². The quantitative estimate of drug-likeness (QED) is 0.809. The molecule has 0 amide bonds. The van der Waals surface area contributed by atoms with Gasteiger partial charge in [-0.1, -0.05) is 12.1 Å². The Morgan fingerprint density at radius 3 is 2.67 bits per heavy atom. The zero-order valence-corrected chi connectivity index (χ0v) is 9.88. The van der Waals surface area contributed by atoms with Crippen molar-refractivity contribution in [1.82, 2.24) is 5.32 Å². The van der Waals surface area contributed by atoms with E-state index in [0.29, 0.717) is 0 Å². The highest BCUT2D eigenvalue weighted by atomic mass is 15.2. The van der Waals surface area contributed by atoms with Gasteiger partial charge < -0.3 is 10.2 Å². The summed E-state index contributed by atoms with van der Waals surface area (Å²) in [6, 6.07) is 7.54. The van der Waals surface area contributed by atoms with E-state index < -0.39 is 0 Å². The molecule has 1 N–H and O–H groups in total. The molecule has 2 rings (SSSR count). The first-order valence-corrected chi connectivity index (χ1v) is 5.69. The number of aryl methyl sites for hydroxylation is 1. The molecule has 15 heavy (non-hydrogen) atoms. The van der Waals surface area contributed by atoms with E-state index >= 15 is 0 Å². The minimum atomic E-state index is 0.791. The molecule has 0 spiro atoms. The van der Waals surface area contributed by atoms with E-state index in [0.717, 1.165) is 12.6 Å². The van der Waals surface area contributed by atoms with E-state index in [1.54, 1.807) is 0 Å². The Bertz CT molecular complexity index is 342. The van der Waals surface area contributed by atoms with Crippen LogP contribution in [-0.4, -0.2) is 20.1 Å². The van der Waals surface area contributed by atoms with E-state index in [4.69, 9.17) is 0 Å². The molecule has 0 aromatic heterocycles. The Balaban J connectivity index is 2.17. The zero-order valence-electron chi connectivity index (χ0n) is 9.88. The lowest BCUT2D eigenvalue weighted by atomic mass is 10.1. The fourth-order valence-electron chi connectivity index (χ4n) is 2.09. The molecule has 2 nitrogen and oxygen atoms in total. The molecule has 1 aliphatic rings. The second-order valence-corrected chi connectivity index (χ2v) is 4.49. The Morgan fingerprint density at radius 1 is 1.40 bits per heavy atom. The van der Waals surface area contributed by atoms with Crippen LogP contribution in [0.2, 0.25) is 0 Å². The van der Waals surface area contributed by atoms with Gasteiger partial charge in [0.15, 0.2) is 0 Å². The van der Waals surface area contributed by atoms with Crippen molar-refractivity contribution in [2.45, 2.75) is 32.4 Å². The lowest BCUT2D eigenvalue weighted by Crippen LogP contribution is -2.20. The second-order valence-electron chi connectivity index (χ2n) is 4.49. The van der Waals surface area contributed by atoms with Crippen molar-refractivity contribution in [1.29, 1.82) is 0 Å². The van der Waals surface area contributed by atoms with Gasteiger partial charge in [0.25, 0.3) is 0 Å². The molecule has 0 bridgehead atoms. The standard InChI is InChI=1S/C13H20N2/c1-10-8-11(9-14-2)4-7-13(10)15(3)12-5-6-12/h4,7-8,12,14H,5-6,9H2,1-3H3. The Kier molecular flexibility index (Phi) is 2.96. The molecule has 0 saturated heterocycles. The monoisotopic (exact) mass is 204 g/mol. The van der Waals surface area contributed by atoms with Crippen LogP contribution in [0.25, 0.3) is 0 Å². The van der Waals surface area contributed by atoms with Crippen molar-refractivity contribution >= 4 is 5.69 Å². The minimum absolute atomic E-state index is 0.791. The Labute approximate surface area is 92.3 Å². The summed E-state index contributed by atoms with van der Waals surface area (Å²) in [7, 11) is 4.19. The summed E-state index contributed by atoms with van der Waals surface area (Å²) >= 11 is 0. The third-order valence-corrected chi connectivity index (χ3v) is 3.12. The van der Waals surface area contributed by atoms with Gasteiger partial charge in [-0.15, -0.1) is 0 Å². The van der Waals surface area contributed by atoms with Crippen LogP contribution in [0.5, 0.6) is 0 Å². The second kappa shape index (κ2) is 4.23. The van der Waals surface area contributed by atoms with E-state index in [-0.39, 0.29) is 0 Å². The normalized spacial score (nSPS) is 15.4. The summed E-state index contributed by atoms with van der Waals surface area (Å²) < 4.78 is 0. The number of nitrogens with zero attached hydrogens (tertiary/aromatic N) is 1. The van der Waals surface area contributed by atoms with Gasteiger partial charge in [0, 0.05) is 25.3 Å². The van der Waals surface area contributed by atoms with Gasteiger partial charge in [-0.05, 0) is 44.0 Å². The highest BCUT2D eigenvalue weighted by Crippen LogP contribution is 2.32. The van der Waals surface area contributed by atoms with Crippen molar-refractivity contribution in [3.63, 3.8) is 0 Å². The number of nitrogens with one attached hydrogen (secondary N) is 1. The van der Waals surface area contributed by atoms with Gasteiger partial charge in [-0.2, -0.15) is 0 Å². The molecule has 1 aromatic rings. The fraction of sp³-hybridized carbons (Fsp3) is 0.538. The SMILES string of the molecule is CNCc1ccc(N(C)C2CC2)c(C)c1. The molecule has 2 heteroatoms. The molecular formula is C13H20N2. The van der Waals surface area contributed by atoms with Gasteiger partial charge in [0.05, 0.1) is 0 Å². The van der Waals surface area contributed by atoms with Crippen molar-refractivity contribution in [3.8, 4) is 0 Å². The first-order chi connectivity index (χ1) is 7.22. The third kappa shape index (κ3) is 2.32. The summed E-state index contributed by atoms with van der Waals surface area (Å²) in [6.45, 7) is 3.15. The molecule has 0 heterocycles. The maximum Gasteiger partial charge on any atom is 0.0396 e. The van der Waals surface area contributed by atoms with E-state index in [1.807, 2.05) is 7.05 Å². The minimum Gasteiger partial charge on any atom is -0.371 e. The van der Waals surface area contributed by atoms with Gasteiger partial charge in [0.1, 0.15) is 0 Å². The first-order valence-electron chi connectivity index (χ1n) is 5.69. The van der Waals surface area contributed by atoms with Crippen molar-refractivity contribution in [2.24, 2.45) is 0 Å². The van der Waals surface area contributed by atoms with Crippen LogP contribution in [-0.2, 0) is 6.54 Å². The lowest BCUT2D eigenvalue weighted by Gasteiger charge is -2.21. The first kappa shape index (κ1) is 10.5. The van der Waals surface area contributed by atoms with Gasteiger partial charge in [0.2, 0.25) is 0 Å². The average Bonchev–Trinajstić information content (AvgIpc) is 3.01. The number of benzene rings is 1. The van der Waals surface area contributed by atoms with Crippen LogP contribution in [0, 0.1) is 6.92 Å². The molecule has 1 aliphatic carbocycles. The lowest BCUT2D eigenvalue weighted by molar-refractivity contribution is 0.815. The van der Waals surface area contributed by atoms with Crippen LogP contribution in [0.15, 0.2) is 18.2 Å². The number of rotatable bonds is 4. The van der Waals surface area contributed by atoms with Crippen molar-refractivity contribution in [2.75, 3.05) is 19.0 Å². The topological polar surface area (TPSA) is 15.3 Å².